The third-order valence-electron chi connectivity index (χ3n) is 5.55. The number of para-hydroxylation sites is 1. The van der Waals surface area contributed by atoms with Crippen molar-refractivity contribution >= 4 is 28.7 Å². The molecule has 4 rings (SSSR count). The Morgan fingerprint density at radius 2 is 1.87 bits per heavy atom. The van der Waals surface area contributed by atoms with Crippen LogP contribution in [0.4, 0.5) is 19.7 Å². The minimum absolute atomic E-state index is 0.0411. The van der Waals surface area contributed by atoms with Gasteiger partial charge >= 0.3 is 12.1 Å². The summed E-state index contributed by atoms with van der Waals surface area (Å²) in [5.74, 6) is -0.273. The van der Waals surface area contributed by atoms with E-state index in [1.165, 1.54) is 12.1 Å². The number of fused-ring (bicyclic) bond motifs is 1. The normalized spacial score (nSPS) is 14.4. The number of piperidine rings is 1. The quantitative estimate of drug-likeness (QED) is 0.502. The number of halogens is 1. The summed E-state index contributed by atoms with van der Waals surface area (Å²) in [5, 5.41) is 9.71. The highest BCUT2D eigenvalue weighted by molar-refractivity contribution is 5.89. The number of anilines is 1. The van der Waals surface area contributed by atoms with Crippen LogP contribution in [-0.4, -0.2) is 47.6 Å². The molecule has 0 radical (unpaired) electrons. The summed E-state index contributed by atoms with van der Waals surface area (Å²) in [6.45, 7) is 1.68. The topological polar surface area (TPSA) is 89.3 Å². The number of aromatic amines is 1. The highest BCUT2D eigenvalue weighted by Crippen LogP contribution is 2.19. The molecule has 8 heteroatoms. The van der Waals surface area contributed by atoms with Gasteiger partial charge in [-0.25, -0.2) is 14.0 Å². The molecule has 0 aliphatic carbocycles. The largest absolute Gasteiger partial charge is 0.361 e. The number of hydrogen-bond acceptors (Lipinski definition) is 2. The van der Waals surface area contributed by atoms with Crippen LogP contribution in [0.3, 0.4) is 0 Å². The summed E-state index contributed by atoms with van der Waals surface area (Å²) < 4.78 is 13.3. The number of carbonyl (C=O) groups excluding carboxylic acids is 2. The van der Waals surface area contributed by atoms with Crippen molar-refractivity contribution in [2.75, 3.05) is 25.0 Å². The molecule has 31 heavy (non-hydrogen) atoms. The van der Waals surface area contributed by atoms with E-state index in [9.17, 15) is 14.0 Å². The summed E-state index contributed by atoms with van der Waals surface area (Å²) in [6, 6.07) is 13.7. The predicted molar refractivity (Wildman–Crippen MR) is 119 cm³/mol. The van der Waals surface area contributed by atoms with Gasteiger partial charge < -0.3 is 25.8 Å². The van der Waals surface area contributed by atoms with Crippen molar-refractivity contribution in [3.63, 3.8) is 0 Å². The second-order valence-corrected chi connectivity index (χ2v) is 7.71. The molecular weight excluding hydrogens is 397 g/mol. The highest BCUT2D eigenvalue weighted by atomic mass is 19.1. The fourth-order valence-electron chi connectivity index (χ4n) is 3.88. The Bertz CT molecular complexity index is 1040. The van der Waals surface area contributed by atoms with E-state index in [-0.39, 0.29) is 23.9 Å². The standard InChI is InChI=1S/C23H26FN5O2/c24-17-6-7-20-16(15-26-21(20)14-17)8-11-25-23(31)29-12-9-19(10-13-29)28-22(30)27-18-4-2-1-3-5-18/h1-7,14-15,19,26H,8-13H2,(H,25,31)(H2,27,28,30). The Morgan fingerprint density at radius 1 is 1.10 bits per heavy atom. The molecule has 2 aromatic carbocycles. The Labute approximate surface area is 180 Å². The lowest BCUT2D eigenvalue weighted by atomic mass is 10.1. The first-order valence-electron chi connectivity index (χ1n) is 10.5. The number of rotatable bonds is 5. The summed E-state index contributed by atoms with van der Waals surface area (Å²) in [7, 11) is 0. The van der Waals surface area contributed by atoms with Gasteiger partial charge in [-0.2, -0.15) is 0 Å². The molecule has 162 valence electrons. The second-order valence-electron chi connectivity index (χ2n) is 7.71. The number of nitrogens with zero attached hydrogens (tertiary/aromatic N) is 1. The van der Waals surface area contributed by atoms with Crippen LogP contribution in [0.15, 0.2) is 54.7 Å². The summed E-state index contributed by atoms with van der Waals surface area (Å²) in [6.07, 6.45) is 3.94. The molecule has 1 aromatic heterocycles. The number of benzene rings is 2. The van der Waals surface area contributed by atoms with Crippen molar-refractivity contribution in [2.45, 2.75) is 25.3 Å². The number of amides is 4. The van der Waals surface area contributed by atoms with Crippen LogP contribution < -0.4 is 16.0 Å². The van der Waals surface area contributed by atoms with Gasteiger partial charge in [0.2, 0.25) is 0 Å². The SMILES string of the molecule is O=C(Nc1ccccc1)NC1CCN(C(=O)NCCc2c[nH]c3cc(F)ccc23)CC1. The number of nitrogens with one attached hydrogen (secondary N) is 4. The molecule has 4 amide bonds. The maximum Gasteiger partial charge on any atom is 0.319 e. The van der Waals surface area contributed by atoms with Crippen molar-refractivity contribution < 1.29 is 14.0 Å². The van der Waals surface area contributed by atoms with Crippen molar-refractivity contribution in [3.05, 3.63) is 66.1 Å². The third-order valence-corrected chi connectivity index (χ3v) is 5.55. The molecule has 0 bridgehead atoms. The van der Waals surface area contributed by atoms with Crippen LogP contribution in [0.1, 0.15) is 18.4 Å². The Kier molecular flexibility index (Phi) is 6.35. The average molecular weight is 423 g/mol. The van der Waals surface area contributed by atoms with Crippen LogP contribution in [0.5, 0.6) is 0 Å². The van der Waals surface area contributed by atoms with Crippen LogP contribution >= 0.6 is 0 Å². The van der Waals surface area contributed by atoms with E-state index in [0.717, 1.165) is 22.2 Å². The molecule has 1 saturated heterocycles. The molecule has 3 aromatic rings. The van der Waals surface area contributed by atoms with Crippen molar-refractivity contribution in [1.29, 1.82) is 0 Å². The van der Waals surface area contributed by atoms with Gasteiger partial charge in [0.25, 0.3) is 0 Å². The fraction of sp³-hybridized carbons (Fsp3) is 0.304. The van der Waals surface area contributed by atoms with Gasteiger partial charge in [0.15, 0.2) is 0 Å². The zero-order valence-corrected chi connectivity index (χ0v) is 17.2. The van der Waals surface area contributed by atoms with E-state index in [4.69, 9.17) is 0 Å². The minimum Gasteiger partial charge on any atom is -0.361 e. The smallest absolute Gasteiger partial charge is 0.319 e. The maximum atomic E-state index is 13.3. The van der Waals surface area contributed by atoms with Gasteiger partial charge in [0.1, 0.15) is 5.82 Å². The minimum atomic E-state index is -0.273. The van der Waals surface area contributed by atoms with Gasteiger partial charge in [-0.05, 0) is 55.2 Å². The monoisotopic (exact) mass is 423 g/mol. The molecule has 1 aliphatic rings. The zero-order chi connectivity index (χ0) is 21.6. The van der Waals surface area contributed by atoms with Gasteiger partial charge in [-0.1, -0.05) is 18.2 Å². The lowest BCUT2D eigenvalue weighted by Gasteiger charge is -2.32. The van der Waals surface area contributed by atoms with Crippen LogP contribution in [-0.2, 0) is 6.42 Å². The molecule has 7 nitrogen and oxygen atoms in total. The summed E-state index contributed by atoms with van der Waals surface area (Å²) in [5.41, 5.74) is 2.55. The summed E-state index contributed by atoms with van der Waals surface area (Å²) in [4.78, 5) is 29.4. The molecule has 0 unspecified atom stereocenters. The number of carbonyl (C=O) groups is 2. The van der Waals surface area contributed by atoms with E-state index < -0.39 is 0 Å². The van der Waals surface area contributed by atoms with E-state index >= 15 is 0 Å². The lowest BCUT2D eigenvalue weighted by molar-refractivity contribution is 0.177. The average Bonchev–Trinajstić information content (AvgIpc) is 3.16. The Morgan fingerprint density at radius 3 is 2.65 bits per heavy atom. The summed E-state index contributed by atoms with van der Waals surface area (Å²) >= 11 is 0. The molecule has 0 saturated carbocycles. The first-order valence-corrected chi connectivity index (χ1v) is 10.5. The Balaban J connectivity index is 1.18. The molecule has 0 spiro atoms. The molecule has 4 N–H and O–H groups in total. The van der Waals surface area contributed by atoms with Crippen molar-refractivity contribution in [2.24, 2.45) is 0 Å². The lowest BCUT2D eigenvalue weighted by Crippen LogP contribution is -2.50. The zero-order valence-electron chi connectivity index (χ0n) is 17.2. The number of urea groups is 2. The molecule has 1 aliphatic heterocycles. The van der Waals surface area contributed by atoms with Crippen LogP contribution in [0, 0.1) is 5.82 Å². The van der Waals surface area contributed by atoms with Gasteiger partial charge in [-0.3, -0.25) is 0 Å². The second kappa shape index (κ2) is 9.51. The fourth-order valence-corrected chi connectivity index (χ4v) is 3.88. The maximum absolute atomic E-state index is 13.3. The van der Waals surface area contributed by atoms with Crippen LogP contribution in [0.2, 0.25) is 0 Å². The molecule has 2 heterocycles. The van der Waals surface area contributed by atoms with Gasteiger partial charge in [0, 0.05) is 48.5 Å². The molecular formula is C23H26FN5O2. The number of likely N-dealkylation sites (tertiary alicyclic amines) is 1. The first-order chi connectivity index (χ1) is 15.1. The van der Waals surface area contributed by atoms with Crippen LogP contribution in [0.25, 0.3) is 10.9 Å². The van der Waals surface area contributed by atoms with Crippen molar-refractivity contribution in [3.8, 4) is 0 Å². The number of H-pyrrole nitrogens is 1. The predicted octanol–water partition coefficient (Wildman–Crippen LogP) is 3.85. The molecule has 1 fully saturated rings. The van der Waals surface area contributed by atoms with Crippen molar-refractivity contribution in [1.82, 2.24) is 20.5 Å². The number of aromatic nitrogens is 1. The third kappa shape index (κ3) is 5.33. The highest BCUT2D eigenvalue weighted by Gasteiger charge is 2.23. The Hall–Kier alpha value is -3.55. The number of hydrogen-bond donors (Lipinski definition) is 4. The van der Waals surface area contributed by atoms with E-state index in [1.807, 2.05) is 36.5 Å². The van der Waals surface area contributed by atoms with E-state index in [1.54, 1.807) is 11.0 Å². The van der Waals surface area contributed by atoms with Gasteiger partial charge in [0.05, 0.1) is 0 Å². The van der Waals surface area contributed by atoms with Gasteiger partial charge in [-0.15, -0.1) is 0 Å². The first kappa shape index (κ1) is 20.7. The van der Waals surface area contributed by atoms with E-state index in [2.05, 4.69) is 20.9 Å². The molecule has 0 atom stereocenters. The van der Waals surface area contributed by atoms with E-state index in [0.29, 0.717) is 38.9 Å².